The second-order valence-corrected chi connectivity index (χ2v) is 8.00. The van der Waals surface area contributed by atoms with E-state index in [1.165, 1.54) is 16.2 Å². The van der Waals surface area contributed by atoms with E-state index in [2.05, 4.69) is 10.3 Å². The minimum absolute atomic E-state index is 0.0145. The molecule has 4 rings (SSSR count). The number of carbonyl (C=O) groups excluding carboxylic acids is 1. The van der Waals surface area contributed by atoms with Gasteiger partial charge in [-0.15, -0.1) is 11.3 Å². The van der Waals surface area contributed by atoms with Crippen LogP contribution in [0, 0.1) is 0 Å². The zero-order valence-electron chi connectivity index (χ0n) is 16.2. The van der Waals surface area contributed by atoms with Gasteiger partial charge in [0.2, 0.25) is 0 Å². The molecule has 1 aliphatic heterocycles. The molecule has 1 aromatic heterocycles. The average Bonchev–Trinajstić information content (AvgIpc) is 3.26. The monoisotopic (exact) mass is 423 g/mol. The van der Waals surface area contributed by atoms with Gasteiger partial charge in [0, 0.05) is 37.2 Å². The summed E-state index contributed by atoms with van der Waals surface area (Å²) in [6.07, 6.45) is 2.01. The molecule has 8 heteroatoms. The van der Waals surface area contributed by atoms with Crippen LogP contribution >= 0.6 is 11.3 Å². The molecular weight excluding hydrogens is 402 g/mol. The number of amides is 2. The first-order valence-electron chi connectivity index (χ1n) is 9.66. The number of rotatable bonds is 5. The van der Waals surface area contributed by atoms with Crippen molar-refractivity contribution < 1.29 is 19.4 Å². The van der Waals surface area contributed by atoms with Crippen molar-refractivity contribution in [3.8, 4) is 16.3 Å². The standard InChI is InChI=1S/C22H21N3O4S/c26-20(24-16-6-2-1-3-7-16)19-14-23-21(30-19)15-5-4-8-18(13-15)29-17-9-11-25(12-10-17)22(27)28/h1-8,13-14,17H,9-12H2,(H,24,26)(H,27,28). The quantitative estimate of drug-likeness (QED) is 0.627. The summed E-state index contributed by atoms with van der Waals surface area (Å²) < 4.78 is 6.06. The number of nitrogens with zero attached hydrogens (tertiary/aromatic N) is 2. The van der Waals surface area contributed by atoms with Gasteiger partial charge in [0.1, 0.15) is 21.7 Å². The van der Waals surface area contributed by atoms with E-state index in [1.807, 2.05) is 54.6 Å². The molecule has 2 N–H and O–H groups in total. The molecule has 0 unspecified atom stereocenters. The fourth-order valence-corrected chi connectivity index (χ4v) is 4.09. The largest absolute Gasteiger partial charge is 0.490 e. The molecule has 0 saturated carbocycles. The maximum Gasteiger partial charge on any atom is 0.407 e. The Morgan fingerprint density at radius 3 is 2.60 bits per heavy atom. The van der Waals surface area contributed by atoms with E-state index in [4.69, 9.17) is 9.84 Å². The number of benzene rings is 2. The maximum absolute atomic E-state index is 12.5. The lowest BCUT2D eigenvalue weighted by Crippen LogP contribution is -2.41. The Labute approximate surface area is 177 Å². The SMILES string of the molecule is O=C(Nc1ccccc1)c1cnc(-c2cccc(OC3CCN(C(=O)O)CC3)c2)s1. The average molecular weight is 423 g/mol. The topological polar surface area (TPSA) is 91.8 Å². The summed E-state index contributed by atoms with van der Waals surface area (Å²) in [5.74, 6) is 0.523. The predicted molar refractivity (Wildman–Crippen MR) is 115 cm³/mol. The number of hydrogen-bond acceptors (Lipinski definition) is 5. The molecule has 0 aliphatic carbocycles. The Balaban J connectivity index is 1.41. The van der Waals surface area contributed by atoms with E-state index in [0.717, 1.165) is 16.3 Å². The molecule has 1 aliphatic rings. The highest BCUT2D eigenvalue weighted by molar-refractivity contribution is 7.17. The van der Waals surface area contributed by atoms with Gasteiger partial charge < -0.3 is 20.1 Å². The van der Waals surface area contributed by atoms with Gasteiger partial charge in [-0.1, -0.05) is 30.3 Å². The molecule has 154 valence electrons. The number of ether oxygens (including phenoxy) is 1. The Hall–Kier alpha value is -3.39. The van der Waals surface area contributed by atoms with Gasteiger partial charge >= 0.3 is 6.09 Å². The molecule has 0 radical (unpaired) electrons. The van der Waals surface area contributed by atoms with Crippen molar-refractivity contribution in [2.45, 2.75) is 18.9 Å². The Kier molecular flexibility index (Phi) is 5.94. The highest BCUT2D eigenvalue weighted by Gasteiger charge is 2.23. The van der Waals surface area contributed by atoms with E-state index in [0.29, 0.717) is 36.6 Å². The highest BCUT2D eigenvalue weighted by Crippen LogP contribution is 2.29. The van der Waals surface area contributed by atoms with E-state index >= 15 is 0 Å². The van der Waals surface area contributed by atoms with Crippen molar-refractivity contribution in [1.29, 1.82) is 0 Å². The summed E-state index contributed by atoms with van der Waals surface area (Å²) in [5.41, 5.74) is 1.61. The number of aromatic nitrogens is 1. The van der Waals surface area contributed by atoms with Crippen molar-refractivity contribution in [3.63, 3.8) is 0 Å². The first-order valence-corrected chi connectivity index (χ1v) is 10.5. The molecule has 0 atom stereocenters. The van der Waals surface area contributed by atoms with E-state index in [9.17, 15) is 9.59 Å². The molecule has 1 fully saturated rings. The summed E-state index contributed by atoms with van der Waals surface area (Å²) in [5, 5.41) is 12.6. The zero-order valence-corrected chi connectivity index (χ0v) is 17.0. The van der Waals surface area contributed by atoms with Crippen molar-refractivity contribution in [1.82, 2.24) is 9.88 Å². The van der Waals surface area contributed by atoms with E-state index in [1.54, 1.807) is 6.20 Å². The van der Waals surface area contributed by atoms with Gasteiger partial charge in [-0.05, 0) is 24.3 Å². The van der Waals surface area contributed by atoms with E-state index in [-0.39, 0.29) is 12.0 Å². The van der Waals surface area contributed by atoms with Gasteiger partial charge in [-0.3, -0.25) is 4.79 Å². The molecule has 30 heavy (non-hydrogen) atoms. The van der Waals surface area contributed by atoms with Gasteiger partial charge in [0.05, 0.1) is 6.20 Å². The van der Waals surface area contributed by atoms with Gasteiger partial charge in [-0.25, -0.2) is 9.78 Å². The number of likely N-dealkylation sites (tertiary alicyclic amines) is 1. The highest BCUT2D eigenvalue weighted by atomic mass is 32.1. The lowest BCUT2D eigenvalue weighted by atomic mass is 10.1. The summed E-state index contributed by atoms with van der Waals surface area (Å²) in [4.78, 5) is 29.8. The third-order valence-corrected chi connectivity index (χ3v) is 5.90. The van der Waals surface area contributed by atoms with Crippen LogP contribution in [-0.4, -0.2) is 46.2 Å². The fraction of sp³-hybridized carbons (Fsp3) is 0.227. The second kappa shape index (κ2) is 8.96. The summed E-state index contributed by atoms with van der Waals surface area (Å²) in [6.45, 7) is 0.956. The van der Waals surface area contributed by atoms with Crippen molar-refractivity contribution in [3.05, 3.63) is 65.7 Å². The predicted octanol–water partition coefficient (Wildman–Crippen LogP) is 4.58. The molecule has 2 heterocycles. The minimum atomic E-state index is -0.883. The van der Waals surface area contributed by atoms with Crippen molar-refractivity contribution >= 4 is 29.0 Å². The summed E-state index contributed by atoms with van der Waals surface area (Å²) >= 11 is 1.32. The van der Waals surface area contributed by atoms with Crippen LogP contribution in [0.2, 0.25) is 0 Å². The van der Waals surface area contributed by atoms with Gasteiger partial charge in [-0.2, -0.15) is 0 Å². The van der Waals surface area contributed by atoms with Crippen LogP contribution in [0.5, 0.6) is 5.75 Å². The van der Waals surface area contributed by atoms with Gasteiger partial charge in [0.15, 0.2) is 0 Å². The van der Waals surface area contributed by atoms with Crippen molar-refractivity contribution in [2.75, 3.05) is 18.4 Å². The van der Waals surface area contributed by atoms with Crippen LogP contribution in [0.25, 0.3) is 10.6 Å². The van der Waals surface area contributed by atoms with Crippen LogP contribution in [0.15, 0.2) is 60.8 Å². The Morgan fingerprint density at radius 2 is 1.87 bits per heavy atom. The lowest BCUT2D eigenvalue weighted by Gasteiger charge is -2.30. The zero-order chi connectivity index (χ0) is 20.9. The Bertz CT molecular complexity index is 1030. The smallest absolute Gasteiger partial charge is 0.407 e. The van der Waals surface area contributed by atoms with Crippen LogP contribution < -0.4 is 10.1 Å². The normalized spacial score (nSPS) is 14.3. The number of para-hydroxylation sites is 1. The minimum Gasteiger partial charge on any atom is -0.490 e. The van der Waals surface area contributed by atoms with Crippen molar-refractivity contribution in [2.24, 2.45) is 0 Å². The number of hydrogen-bond donors (Lipinski definition) is 2. The number of nitrogens with one attached hydrogen (secondary N) is 1. The van der Waals surface area contributed by atoms with Crippen LogP contribution in [0.1, 0.15) is 22.5 Å². The first kappa shape index (κ1) is 19.9. The van der Waals surface area contributed by atoms with Crippen LogP contribution in [-0.2, 0) is 0 Å². The molecular formula is C22H21N3O4S. The number of carboxylic acid groups (broad SMARTS) is 1. The Morgan fingerprint density at radius 1 is 1.10 bits per heavy atom. The first-order chi connectivity index (χ1) is 14.6. The molecule has 0 bridgehead atoms. The molecule has 1 saturated heterocycles. The van der Waals surface area contributed by atoms with E-state index < -0.39 is 6.09 Å². The second-order valence-electron chi connectivity index (χ2n) is 6.96. The van der Waals surface area contributed by atoms with Crippen LogP contribution in [0.4, 0.5) is 10.5 Å². The third-order valence-electron chi connectivity index (χ3n) is 4.86. The number of piperidine rings is 1. The number of carbonyl (C=O) groups is 2. The summed E-state index contributed by atoms with van der Waals surface area (Å²) in [7, 11) is 0. The molecule has 7 nitrogen and oxygen atoms in total. The number of thiazole rings is 1. The number of anilines is 1. The third kappa shape index (κ3) is 4.77. The molecule has 0 spiro atoms. The molecule has 2 amide bonds. The van der Waals surface area contributed by atoms with Gasteiger partial charge in [0.25, 0.3) is 5.91 Å². The fourth-order valence-electron chi connectivity index (χ4n) is 3.29. The lowest BCUT2D eigenvalue weighted by molar-refractivity contribution is 0.0894. The molecule has 2 aromatic carbocycles. The maximum atomic E-state index is 12.5. The van der Waals surface area contributed by atoms with Crippen LogP contribution in [0.3, 0.4) is 0 Å². The molecule has 3 aromatic rings. The summed E-state index contributed by atoms with van der Waals surface area (Å²) in [6, 6.07) is 16.9.